The Kier molecular flexibility index (Phi) is 9.74. The van der Waals surface area contributed by atoms with Gasteiger partial charge in [0.05, 0.1) is 28.4 Å². The Morgan fingerprint density at radius 2 is 1.59 bits per heavy atom. The first kappa shape index (κ1) is 28.8. The molecule has 0 radical (unpaired) electrons. The Hall–Kier alpha value is -4.74. The summed E-state index contributed by atoms with van der Waals surface area (Å²) in [6.45, 7) is 0. The molecular weight excluding hydrogens is 510 g/mol. The van der Waals surface area contributed by atoms with Crippen molar-refractivity contribution in [1.29, 1.82) is 0 Å². The molecule has 0 aliphatic heterocycles. The molecule has 0 saturated carbocycles. The number of benzene rings is 2. The van der Waals surface area contributed by atoms with Crippen molar-refractivity contribution < 1.29 is 43.2 Å². The Morgan fingerprint density at radius 1 is 0.923 bits per heavy atom. The zero-order valence-electron chi connectivity index (χ0n) is 22.0. The van der Waals surface area contributed by atoms with E-state index in [0.717, 1.165) is 16.5 Å². The third-order valence-electron chi connectivity index (χ3n) is 6.10. The number of methoxy groups -OCH3 is 4. The molecule has 3 rings (SSSR count). The summed E-state index contributed by atoms with van der Waals surface area (Å²) in [6, 6.07) is 7.91. The molecule has 0 bridgehead atoms. The minimum atomic E-state index is -1.28. The van der Waals surface area contributed by atoms with Crippen LogP contribution in [0.2, 0.25) is 0 Å². The molecule has 208 valence electrons. The van der Waals surface area contributed by atoms with E-state index in [2.05, 4.69) is 15.6 Å². The molecule has 12 nitrogen and oxygen atoms in total. The quantitative estimate of drug-likeness (QED) is 0.237. The number of amides is 2. The lowest BCUT2D eigenvalue weighted by atomic mass is 10.0. The van der Waals surface area contributed by atoms with Crippen LogP contribution in [0.25, 0.3) is 10.9 Å². The highest BCUT2D eigenvalue weighted by molar-refractivity contribution is 5.99. The number of rotatable bonds is 13. The molecule has 0 spiro atoms. The highest BCUT2D eigenvalue weighted by atomic mass is 16.5. The van der Waals surface area contributed by atoms with Crippen LogP contribution in [0.4, 0.5) is 0 Å². The number of hydrogen-bond donors (Lipinski definition) is 4. The predicted molar refractivity (Wildman–Crippen MR) is 140 cm³/mol. The summed E-state index contributed by atoms with van der Waals surface area (Å²) in [6.07, 6.45) is 1.22. The molecule has 4 N–H and O–H groups in total. The Morgan fingerprint density at radius 3 is 2.18 bits per heavy atom. The minimum absolute atomic E-state index is 0.0842. The van der Waals surface area contributed by atoms with Crippen molar-refractivity contribution in [3.8, 4) is 17.2 Å². The van der Waals surface area contributed by atoms with E-state index in [4.69, 9.17) is 18.9 Å². The molecule has 2 amide bonds. The van der Waals surface area contributed by atoms with E-state index in [9.17, 15) is 24.3 Å². The third-order valence-corrected chi connectivity index (χ3v) is 6.10. The molecule has 39 heavy (non-hydrogen) atoms. The predicted octanol–water partition coefficient (Wildman–Crippen LogP) is 2.06. The smallest absolute Gasteiger partial charge is 0.328 e. The highest BCUT2D eigenvalue weighted by Gasteiger charge is 2.29. The first-order valence-electron chi connectivity index (χ1n) is 12.0. The van der Waals surface area contributed by atoms with Crippen molar-refractivity contribution in [2.24, 2.45) is 0 Å². The van der Waals surface area contributed by atoms with Gasteiger partial charge in [-0.3, -0.25) is 14.4 Å². The molecule has 0 aliphatic rings. The maximum Gasteiger partial charge on any atom is 0.328 e. The largest absolute Gasteiger partial charge is 0.493 e. The van der Waals surface area contributed by atoms with Gasteiger partial charge >= 0.3 is 11.9 Å². The van der Waals surface area contributed by atoms with Crippen molar-refractivity contribution >= 4 is 34.7 Å². The van der Waals surface area contributed by atoms with Gasteiger partial charge < -0.3 is 39.7 Å². The summed E-state index contributed by atoms with van der Waals surface area (Å²) in [5, 5.41) is 15.2. The number of aromatic nitrogens is 1. The Balaban J connectivity index is 1.84. The Labute approximate surface area is 224 Å². The van der Waals surface area contributed by atoms with Crippen LogP contribution in [0.5, 0.6) is 17.2 Å². The number of aliphatic carboxylic acids is 1. The average molecular weight is 542 g/mol. The van der Waals surface area contributed by atoms with Gasteiger partial charge in [0.1, 0.15) is 12.1 Å². The molecule has 1 heterocycles. The van der Waals surface area contributed by atoms with Crippen molar-refractivity contribution in [2.45, 2.75) is 31.3 Å². The summed E-state index contributed by atoms with van der Waals surface area (Å²) in [5.41, 5.74) is 1.71. The van der Waals surface area contributed by atoms with Crippen molar-refractivity contribution in [2.75, 3.05) is 28.4 Å². The molecular formula is C27H31N3O9. The van der Waals surface area contributed by atoms with Gasteiger partial charge in [-0.2, -0.15) is 0 Å². The Bertz CT molecular complexity index is 1330. The van der Waals surface area contributed by atoms with E-state index in [0.29, 0.717) is 0 Å². The lowest BCUT2D eigenvalue weighted by Gasteiger charge is -2.22. The van der Waals surface area contributed by atoms with Gasteiger partial charge in [-0.1, -0.05) is 18.2 Å². The second-order valence-corrected chi connectivity index (χ2v) is 8.52. The van der Waals surface area contributed by atoms with Crippen LogP contribution in [0.3, 0.4) is 0 Å². The van der Waals surface area contributed by atoms with Crippen LogP contribution in [0, 0.1) is 0 Å². The van der Waals surface area contributed by atoms with E-state index < -0.39 is 42.3 Å². The maximum atomic E-state index is 13.3. The van der Waals surface area contributed by atoms with Crippen molar-refractivity contribution in [1.82, 2.24) is 15.6 Å². The summed E-state index contributed by atoms with van der Waals surface area (Å²) in [5.74, 6) is -2.57. The van der Waals surface area contributed by atoms with Crippen LogP contribution in [-0.2, 0) is 25.5 Å². The standard InChI is InChI=1S/C27H31N3O9/c1-36-21-12-15(13-22(37-2)24(21)38-3)25(33)29-19(9-10-23(31)32)26(34)30-20(27(35)39-4)11-16-14-28-18-8-6-5-7-17(16)18/h5-8,12-14,19-20,28H,9-11H2,1-4H3,(H,29,33)(H,30,34)(H,31,32)/t19-,20+/m1/s1. The number of fused-ring (bicyclic) bond motifs is 1. The van der Waals surface area contributed by atoms with Crippen LogP contribution in [-0.4, -0.2) is 74.4 Å². The monoisotopic (exact) mass is 541 g/mol. The van der Waals surface area contributed by atoms with E-state index in [1.807, 2.05) is 24.3 Å². The molecule has 0 fully saturated rings. The molecule has 2 atom stereocenters. The summed E-state index contributed by atoms with van der Waals surface area (Å²) < 4.78 is 20.7. The van der Waals surface area contributed by atoms with Gasteiger partial charge in [0.2, 0.25) is 11.7 Å². The molecule has 0 saturated heterocycles. The molecule has 0 aliphatic carbocycles. The summed E-state index contributed by atoms with van der Waals surface area (Å²) >= 11 is 0. The molecule has 12 heteroatoms. The number of carboxylic acids is 1. The molecule has 0 unspecified atom stereocenters. The first-order valence-corrected chi connectivity index (χ1v) is 12.0. The van der Waals surface area contributed by atoms with Crippen molar-refractivity contribution in [3.63, 3.8) is 0 Å². The molecule has 1 aromatic heterocycles. The van der Waals surface area contributed by atoms with Gasteiger partial charge in [0, 0.05) is 35.5 Å². The zero-order valence-corrected chi connectivity index (χ0v) is 22.0. The average Bonchev–Trinajstić information content (AvgIpc) is 3.35. The number of carboxylic acid groups (broad SMARTS) is 1. The number of carbonyl (C=O) groups is 4. The number of esters is 1. The molecule has 3 aromatic rings. The van der Waals surface area contributed by atoms with Crippen molar-refractivity contribution in [3.05, 3.63) is 53.7 Å². The topological polar surface area (TPSA) is 165 Å². The second kappa shape index (κ2) is 13.2. The zero-order chi connectivity index (χ0) is 28.5. The number of para-hydroxylation sites is 1. The van der Waals surface area contributed by atoms with Gasteiger partial charge in [-0.15, -0.1) is 0 Å². The van der Waals surface area contributed by atoms with E-state index >= 15 is 0 Å². The SMILES string of the molecule is COC(=O)[C@H](Cc1c[nH]c2ccccc12)NC(=O)[C@@H](CCC(=O)O)NC(=O)c1cc(OC)c(OC)c(OC)c1. The van der Waals surface area contributed by atoms with Gasteiger partial charge in [-0.25, -0.2) is 4.79 Å². The first-order chi connectivity index (χ1) is 18.7. The normalized spacial score (nSPS) is 12.2. The number of H-pyrrole nitrogens is 1. The van der Waals surface area contributed by atoms with E-state index in [-0.39, 0.29) is 35.7 Å². The molecule has 2 aromatic carbocycles. The number of nitrogens with one attached hydrogen (secondary N) is 3. The van der Waals surface area contributed by atoms with Crippen LogP contribution >= 0.6 is 0 Å². The lowest BCUT2D eigenvalue weighted by molar-refractivity contribution is -0.145. The fourth-order valence-corrected chi connectivity index (χ4v) is 4.12. The summed E-state index contributed by atoms with van der Waals surface area (Å²) in [7, 11) is 5.40. The van der Waals surface area contributed by atoms with E-state index in [1.54, 1.807) is 6.20 Å². The number of ether oxygens (including phenoxy) is 4. The van der Waals surface area contributed by atoms with Gasteiger partial charge in [0.15, 0.2) is 11.5 Å². The minimum Gasteiger partial charge on any atom is -0.493 e. The number of carbonyl (C=O) groups excluding carboxylic acids is 3. The fourth-order valence-electron chi connectivity index (χ4n) is 4.12. The lowest BCUT2D eigenvalue weighted by Crippen LogP contribution is -2.52. The fraction of sp³-hybridized carbons (Fsp3) is 0.333. The van der Waals surface area contributed by atoms with Gasteiger partial charge in [0.25, 0.3) is 5.91 Å². The van der Waals surface area contributed by atoms with Gasteiger partial charge in [-0.05, 0) is 30.2 Å². The van der Waals surface area contributed by atoms with E-state index in [1.165, 1.54) is 40.6 Å². The number of hydrogen-bond acceptors (Lipinski definition) is 8. The second-order valence-electron chi connectivity index (χ2n) is 8.52. The maximum absolute atomic E-state index is 13.3. The van der Waals surface area contributed by atoms with Crippen LogP contribution < -0.4 is 24.8 Å². The summed E-state index contributed by atoms with van der Waals surface area (Å²) in [4.78, 5) is 53.4. The highest BCUT2D eigenvalue weighted by Crippen LogP contribution is 2.38. The van der Waals surface area contributed by atoms with Crippen LogP contribution in [0.1, 0.15) is 28.8 Å². The van der Waals surface area contributed by atoms with Crippen LogP contribution in [0.15, 0.2) is 42.6 Å². The number of aromatic amines is 1. The third kappa shape index (κ3) is 6.98.